The molecule has 0 saturated heterocycles. The maximum absolute atomic E-state index is 12.0. The highest BCUT2D eigenvalue weighted by Gasteiger charge is 2.21. The molecule has 2 amide bonds. The topological polar surface area (TPSA) is 84.5 Å². The average Bonchev–Trinajstić information content (AvgIpc) is 2.43. The van der Waals surface area contributed by atoms with E-state index < -0.39 is 5.97 Å². The van der Waals surface area contributed by atoms with Crippen LogP contribution in [0.15, 0.2) is 18.2 Å². The summed E-state index contributed by atoms with van der Waals surface area (Å²) in [6.07, 6.45) is 0.177. The first-order valence-corrected chi connectivity index (χ1v) is 6.32. The minimum absolute atomic E-state index is 0.0664. The molecule has 0 aliphatic carbocycles. The quantitative estimate of drug-likeness (QED) is 0.651. The van der Waals surface area contributed by atoms with Crippen molar-refractivity contribution in [1.82, 2.24) is 5.32 Å². The molecule has 1 heterocycles. The van der Waals surface area contributed by atoms with Crippen LogP contribution in [0.5, 0.6) is 0 Å². The lowest BCUT2D eigenvalue weighted by Crippen LogP contribution is -2.36. The van der Waals surface area contributed by atoms with Gasteiger partial charge in [0.15, 0.2) is 5.78 Å². The molecule has 0 aromatic heterocycles. The third-order valence-electron chi connectivity index (χ3n) is 3.22. The maximum Gasteiger partial charge on any atom is 0.319 e. The van der Waals surface area contributed by atoms with Crippen molar-refractivity contribution in [2.45, 2.75) is 25.8 Å². The fraction of sp³-hybridized carbons (Fsp3) is 0.357. The van der Waals surface area contributed by atoms with Crippen LogP contribution in [0.25, 0.3) is 0 Å². The first-order chi connectivity index (χ1) is 9.51. The van der Waals surface area contributed by atoms with E-state index >= 15 is 0 Å². The number of anilines is 1. The van der Waals surface area contributed by atoms with Crippen LogP contribution in [0, 0.1) is 0 Å². The number of hydrogen-bond acceptors (Lipinski definition) is 4. The Morgan fingerprint density at radius 3 is 2.75 bits per heavy atom. The van der Waals surface area contributed by atoms with Crippen LogP contribution < -0.4 is 10.6 Å². The number of hydrogen-bond donors (Lipinski definition) is 2. The number of methoxy groups -OCH3 is 1. The second-order valence-corrected chi connectivity index (χ2v) is 4.62. The Kier molecular flexibility index (Phi) is 4.02. The number of rotatable bonds is 4. The Hall–Kier alpha value is -2.37. The third kappa shape index (κ3) is 2.96. The fourth-order valence-electron chi connectivity index (χ4n) is 2.10. The van der Waals surface area contributed by atoms with Crippen LogP contribution in [0.3, 0.4) is 0 Å². The zero-order valence-corrected chi connectivity index (χ0v) is 11.4. The van der Waals surface area contributed by atoms with Gasteiger partial charge in [-0.05, 0) is 30.7 Å². The van der Waals surface area contributed by atoms with Gasteiger partial charge in [-0.15, -0.1) is 0 Å². The number of amides is 2. The van der Waals surface area contributed by atoms with Crippen molar-refractivity contribution in [2.75, 3.05) is 12.4 Å². The summed E-state index contributed by atoms with van der Waals surface area (Å²) in [6, 6.07) is 4.68. The molecule has 1 aliphatic rings. The Morgan fingerprint density at radius 2 is 2.05 bits per heavy atom. The van der Waals surface area contributed by atoms with E-state index in [2.05, 4.69) is 15.4 Å². The van der Waals surface area contributed by atoms with Crippen molar-refractivity contribution < 1.29 is 19.1 Å². The van der Waals surface area contributed by atoms with Crippen LogP contribution in [-0.4, -0.2) is 24.9 Å². The highest BCUT2D eigenvalue weighted by atomic mass is 16.5. The predicted octanol–water partition coefficient (Wildman–Crippen LogP) is 2.02. The molecule has 1 aromatic rings. The summed E-state index contributed by atoms with van der Waals surface area (Å²) in [5, 5.41) is 5.41. The summed E-state index contributed by atoms with van der Waals surface area (Å²) in [4.78, 5) is 34.4. The third-order valence-corrected chi connectivity index (χ3v) is 3.22. The Morgan fingerprint density at radius 1 is 1.30 bits per heavy atom. The molecule has 0 radical (unpaired) electrons. The van der Waals surface area contributed by atoms with Gasteiger partial charge < -0.3 is 15.4 Å². The van der Waals surface area contributed by atoms with Crippen molar-refractivity contribution in [3.8, 4) is 0 Å². The van der Waals surface area contributed by atoms with E-state index in [-0.39, 0.29) is 30.7 Å². The highest BCUT2D eigenvalue weighted by Crippen LogP contribution is 2.28. The van der Waals surface area contributed by atoms with E-state index in [9.17, 15) is 14.4 Å². The lowest BCUT2D eigenvalue weighted by Gasteiger charge is -2.24. The Balaban J connectivity index is 2.14. The average molecular weight is 276 g/mol. The van der Waals surface area contributed by atoms with Crippen LogP contribution in [0.4, 0.5) is 10.5 Å². The van der Waals surface area contributed by atoms with Gasteiger partial charge in [-0.2, -0.15) is 0 Å². The molecule has 0 fully saturated rings. The van der Waals surface area contributed by atoms with Crippen molar-refractivity contribution in [3.05, 3.63) is 29.3 Å². The number of urea groups is 1. The van der Waals surface area contributed by atoms with Gasteiger partial charge in [0.2, 0.25) is 0 Å². The number of esters is 1. The maximum atomic E-state index is 12.0. The second-order valence-electron chi connectivity index (χ2n) is 4.62. The van der Waals surface area contributed by atoms with E-state index in [1.165, 1.54) is 7.11 Å². The number of benzene rings is 1. The summed E-state index contributed by atoms with van der Waals surface area (Å²) >= 11 is 0. The number of Topliss-reactive ketones (excluding diaryl/α,β-unsaturated/α-hetero) is 1. The molecule has 0 bridgehead atoms. The normalized spacial score (nSPS) is 16.7. The molecule has 1 aromatic carbocycles. The van der Waals surface area contributed by atoms with Crippen LogP contribution in [-0.2, 0) is 9.53 Å². The zero-order valence-electron chi connectivity index (χ0n) is 11.4. The molecular weight excluding hydrogens is 260 g/mol. The predicted molar refractivity (Wildman–Crippen MR) is 72.6 cm³/mol. The number of fused-ring (bicyclic) bond motifs is 1. The summed E-state index contributed by atoms with van der Waals surface area (Å²) < 4.78 is 4.51. The molecule has 106 valence electrons. The van der Waals surface area contributed by atoms with E-state index in [4.69, 9.17) is 0 Å². The van der Waals surface area contributed by atoms with Gasteiger partial charge in [0, 0.05) is 17.7 Å². The van der Waals surface area contributed by atoms with Gasteiger partial charge in [-0.25, -0.2) is 4.79 Å². The van der Waals surface area contributed by atoms with Gasteiger partial charge >= 0.3 is 12.0 Å². The molecule has 1 aliphatic heterocycles. The summed E-state index contributed by atoms with van der Waals surface area (Å²) in [7, 11) is 1.29. The highest BCUT2D eigenvalue weighted by molar-refractivity contribution is 5.99. The van der Waals surface area contributed by atoms with Crippen LogP contribution in [0.2, 0.25) is 0 Å². The smallest absolute Gasteiger partial charge is 0.319 e. The fourth-order valence-corrected chi connectivity index (χ4v) is 2.10. The van der Waals surface area contributed by atoms with Crippen molar-refractivity contribution >= 4 is 23.5 Å². The van der Waals surface area contributed by atoms with E-state index in [0.29, 0.717) is 11.3 Å². The van der Waals surface area contributed by atoms with E-state index in [0.717, 1.165) is 5.56 Å². The first kappa shape index (κ1) is 14.0. The summed E-state index contributed by atoms with van der Waals surface area (Å²) in [5.74, 6) is -0.527. The largest absolute Gasteiger partial charge is 0.469 e. The molecule has 2 rings (SSSR count). The van der Waals surface area contributed by atoms with Gasteiger partial charge in [0.05, 0.1) is 19.6 Å². The van der Waals surface area contributed by atoms with Gasteiger partial charge in [-0.1, -0.05) is 0 Å². The number of carbonyl (C=O) groups is 3. The molecule has 6 heteroatoms. The van der Waals surface area contributed by atoms with Crippen molar-refractivity contribution in [2.24, 2.45) is 0 Å². The summed E-state index contributed by atoms with van der Waals surface area (Å²) in [5.41, 5.74) is 2.08. The number of ketones is 1. The summed E-state index contributed by atoms with van der Waals surface area (Å²) in [6.45, 7) is 1.85. The lowest BCUT2D eigenvalue weighted by molar-refractivity contribution is -0.140. The second kappa shape index (κ2) is 5.73. The molecule has 0 saturated carbocycles. The Labute approximate surface area is 116 Å². The standard InChI is InChI=1S/C14H16N2O4/c1-8-10-7-9(12(17)5-6-13(18)20-2)3-4-11(10)16-14(19)15-8/h3-4,7-8H,5-6H2,1-2H3,(H2,15,16,19). The first-order valence-electron chi connectivity index (χ1n) is 6.32. The molecular formula is C14H16N2O4. The van der Waals surface area contributed by atoms with Crippen molar-refractivity contribution in [1.29, 1.82) is 0 Å². The minimum atomic E-state index is -0.404. The van der Waals surface area contributed by atoms with Gasteiger partial charge in [0.1, 0.15) is 0 Å². The zero-order chi connectivity index (χ0) is 14.7. The number of carbonyl (C=O) groups excluding carboxylic acids is 3. The molecule has 1 unspecified atom stereocenters. The van der Waals surface area contributed by atoms with E-state index in [1.54, 1.807) is 18.2 Å². The van der Waals surface area contributed by atoms with E-state index in [1.807, 2.05) is 6.92 Å². The monoisotopic (exact) mass is 276 g/mol. The van der Waals surface area contributed by atoms with Gasteiger partial charge in [0.25, 0.3) is 0 Å². The SMILES string of the molecule is COC(=O)CCC(=O)c1ccc2c(c1)C(C)NC(=O)N2. The van der Waals surface area contributed by atoms with Crippen LogP contribution >= 0.6 is 0 Å². The molecule has 6 nitrogen and oxygen atoms in total. The Bertz CT molecular complexity index is 568. The molecule has 0 spiro atoms. The number of nitrogens with one attached hydrogen (secondary N) is 2. The number of ether oxygens (including phenoxy) is 1. The minimum Gasteiger partial charge on any atom is -0.469 e. The van der Waals surface area contributed by atoms with Gasteiger partial charge in [-0.3, -0.25) is 9.59 Å². The molecule has 20 heavy (non-hydrogen) atoms. The van der Waals surface area contributed by atoms with Crippen molar-refractivity contribution in [3.63, 3.8) is 0 Å². The molecule has 2 N–H and O–H groups in total. The lowest BCUT2D eigenvalue weighted by atomic mass is 9.98. The van der Waals surface area contributed by atoms with Crippen LogP contribution in [0.1, 0.15) is 41.7 Å². The molecule has 1 atom stereocenters.